The van der Waals surface area contributed by atoms with Crippen molar-refractivity contribution in [3.05, 3.63) is 45.4 Å². The van der Waals surface area contributed by atoms with E-state index in [0.717, 1.165) is 0 Å². The van der Waals surface area contributed by atoms with Gasteiger partial charge in [-0.15, -0.1) is 0 Å². The fraction of sp³-hybridized carbons (Fsp3) is 0.176. The first-order chi connectivity index (χ1) is 12.0. The highest BCUT2D eigenvalue weighted by Crippen LogP contribution is 2.37. The minimum absolute atomic E-state index is 0.113. The molecule has 0 aromatic heterocycles. The van der Waals surface area contributed by atoms with Crippen LogP contribution in [0.1, 0.15) is 11.1 Å². The summed E-state index contributed by atoms with van der Waals surface area (Å²) in [6, 6.07) is 6.43. The Balaban J connectivity index is 2.25. The van der Waals surface area contributed by atoms with Crippen LogP contribution >= 0.6 is 23.2 Å². The summed E-state index contributed by atoms with van der Waals surface area (Å²) in [6.45, 7) is 0. The summed E-state index contributed by atoms with van der Waals surface area (Å²) in [6.07, 6.45) is 2.85. The standard InChI is InChI=1S/C17H16Cl2N2O4/c1-23-14-4-10(5-15(24-2)17(14)25-3)8-20-21-9-11-6-12(18)7-13(19)16(11)22/h4-9,22H,1-3H3. The third-order valence-electron chi connectivity index (χ3n) is 3.22. The van der Waals surface area contributed by atoms with Crippen LogP contribution < -0.4 is 14.2 Å². The lowest BCUT2D eigenvalue weighted by molar-refractivity contribution is 0.324. The Hall–Kier alpha value is -2.44. The van der Waals surface area contributed by atoms with Crippen LogP contribution in [0.5, 0.6) is 23.0 Å². The molecular formula is C17H16Cl2N2O4. The van der Waals surface area contributed by atoms with E-state index in [1.807, 2.05) is 0 Å². The summed E-state index contributed by atoms with van der Waals surface area (Å²) in [5, 5.41) is 18.2. The van der Waals surface area contributed by atoms with Crippen molar-refractivity contribution >= 4 is 35.6 Å². The van der Waals surface area contributed by atoms with Gasteiger partial charge in [-0.1, -0.05) is 23.2 Å². The molecule has 8 heteroatoms. The number of phenols is 1. The molecule has 0 atom stereocenters. The molecule has 25 heavy (non-hydrogen) atoms. The molecule has 2 aromatic carbocycles. The Labute approximate surface area is 155 Å². The van der Waals surface area contributed by atoms with E-state index in [2.05, 4.69) is 10.2 Å². The second-order valence-corrected chi connectivity index (χ2v) is 5.62. The van der Waals surface area contributed by atoms with Crippen molar-refractivity contribution in [3.8, 4) is 23.0 Å². The van der Waals surface area contributed by atoms with E-state index < -0.39 is 0 Å². The maximum Gasteiger partial charge on any atom is 0.203 e. The minimum atomic E-state index is -0.113. The molecule has 0 radical (unpaired) electrons. The molecule has 6 nitrogen and oxygen atoms in total. The molecule has 0 heterocycles. The number of benzene rings is 2. The number of rotatable bonds is 6. The topological polar surface area (TPSA) is 72.6 Å². The lowest BCUT2D eigenvalue weighted by Gasteiger charge is -2.12. The Bertz CT molecular complexity index is 798. The largest absolute Gasteiger partial charge is 0.506 e. The van der Waals surface area contributed by atoms with Crippen molar-refractivity contribution in [2.75, 3.05) is 21.3 Å². The lowest BCUT2D eigenvalue weighted by Crippen LogP contribution is -1.96. The molecule has 0 aliphatic heterocycles. The van der Waals surface area contributed by atoms with Crippen molar-refractivity contribution in [1.82, 2.24) is 0 Å². The van der Waals surface area contributed by atoms with Crippen molar-refractivity contribution in [2.24, 2.45) is 10.2 Å². The van der Waals surface area contributed by atoms with E-state index in [1.54, 1.807) is 12.1 Å². The zero-order valence-electron chi connectivity index (χ0n) is 13.8. The molecule has 0 amide bonds. The molecule has 0 spiro atoms. The average Bonchev–Trinajstić information content (AvgIpc) is 2.61. The fourth-order valence-corrected chi connectivity index (χ4v) is 2.56. The van der Waals surface area contributed by atoms with Crippen LogP contribution in [0.4, 0.5) is 0 Å². The van der Waals surface area contributed by atoms with Gasteiger partial charge in [0.05, 0.1) is 38.8 Å². The molecule has 0 saturated carbocycles. The van der Waals surface area contributed by atoms with Gasteiger partial charge in [0.2, 0.25) is 5.75 Å². The van der Waals surface area contributed by atoms with Crippen LogP contribution in [0.15, 0.2) is 34.5 Å². The van der Waals surface area contributed by atoms with Gasteiger partial charge in [0.25, 0.3) is 0 Å². The second kappa shape index (κ2) is 8.60. The van der Waals surface area contributed by atoms with Gasteiger partial charge in [0.1, 0.15) is 5.75 Å². The second-order valence-electron chi connectivity index (χ2n) is 4.77. The number of hydrogen-bond acceptors (Lipinski definition) is 6. The van der Waals surface area contributed by atoms with E-state index in [0.29, 0.717) is 33.4 Å². The van der Waals surface area contributed by atoms with Gasteiger partial charge >= 0.3 is 0 Å². The third kappa shape index (κ3) is 4.55. The smallest absolute Gasteiger partial charge is 0.203 e. The maximum atomic E-state index is 9.85. The van der Waals surface area contributed by atoms with Crippen molar-refractivity contribution in [2.45, 2.75) is 0 Å². The highest BCUT2D eigenvalue weighted by molar-refractivity contribution is 6.36. The summed E-state index contributed by atoms with van der Waals surface area (Å²) in [7, 11) is 4.59. The van der Waals surface area contributed by atoms with E-state index in [4.69, 9.17) is 37.4 Å². The van der Waals surface area contributed by atoms with Crippen LogP contribution in [-0.4, -0.2) is 38.9 Å². The van der Waals surface area contributed by atoms with Gasteiger partial charge in [0, 0.05) is 16.1 Å². The summed E-state index contributed by atoms with van der Waals surface area (Å²) >= 11 is 11.7. The van der Waals surface area contributed by atoms with E-state index >= 15 is 0 Å². The first-order valence-electron chi connectivity index (χ1n) is 7.04. The Morgan fingerprint density at radius 3 is 2.04 bits per heavy atom. The lowest BCUT2D eigenvalue weighted by atomic mass is 10.2. The van der Waals surface area contributed by atoms with E-state index in [-0.39, 0.29) is 10.8 Å². The van der Waals surface area contributed by atoms with Crippen LogP contribution in [0.3, 0.4) is 0 Å². The molecule has 0 unspecified atom stereocenters. The molecular weight excluding hydrogens is 367 g/mol. The Kier molecular flexibility index (Phi) is 6.50. The molecule has 132 valence electrons. The van der Waals surface area contributed by atoms with Gasteiger partial charge in [-0.25, -0.2) is 0 Å². The number of methoxy groups -OCH3 is 3. The first kappa shape index (κ1) is 18.9. The first-order valence-corrected chi connectivity index (χ1v) is 7.80. The van der Waals surface area contributed by atoms with Crippen LogP contribution in [0, 0.1) is 0 Å². The zero-order valence-corrected chi connectivity index (χ0v) is 15.3. The summed E-state index contributed by atoms with van der Waals surface area (Å²) in [5.41, 5.74) is 1.06. The van der Waals surface area contributed by atoms with Crippen molar-refractivity contribution < 1.29 is 19.3 Å². The van der Waals surface area contributed by atoms with Gasteiger partial charge in [-0.2, -0.15) is 10.2 Å². The van der Waals surface area contributed by atoms with Crippen LogP contribution in [0.25, 0.3) is 0 Å². The average molecular weight is 383 g/mol. The van der Waals surface area contributed by atoms with E-state index in [9.17, 15) is 5.11 Å². The molecule has 0 saturated heterocycles. The van der Waals surface area contributed by atoms with Gasteiger partial charge in [-0.3, -0.25) is 0 Å². The highest BCUT2D eigenvalue weighted by Gasteiger charge is 2.12. The van der Waals surface area contributed by atoms with Crippen LogP contribution in [0.2, 0.25) is 10.0 Å². The summed E-state index contributed by atoms with van der Waals surface area (Å²) in [4.78, 5) is 0. The molecule has 0 fully saturated rings. The van der Waals surface area contributed by atoms with Gasteiger partial charge in [0.15, 0.2) is 11.5 Å². The number of ether oxygens (including phenoxy) is 3. The van der Waals surface area contributed by atoms with Gasteiger partial charge < -0.3 is 19.3 Å². The SMILES string of the molecule is COc1cc(C=NN=Cc2cc(Cl)cc(Cl)c2O)cc(OC)c1OC. The molecule has 1 N–H and O–H groups in total. The number of halogens is 2. The van der Waals surface area contributed by atoms with Crippen molar-refractivity contribution in [1.29, 1.82) is 0 Å². The molecule has 0 aliphatic rings. The minimum Gasteiger partial charge on any atom is -0.506 e. The molecule has 2 rings (SSSR count). The fourth-order valence-electron chi connectivity index (χ4n) is 2.06. The molecule has 2 aromatic rings. The van der Waals surface area contributed by atoms with Crippen molar-refractivity contribution in [3.63, 3.8) is 0 Å². The number of aromatic hydroxyl groups is 1. The van der Waals surface area contributed by atoms with E-state index in [1.165, 1.54) is 45.9 Å². The Morgan fingerprint density at radius 1 is 0.880 bits per heavy atom. The predicted molar refractivity (Wildman–Crippen MR) is 99.4 cm³/mol. The Morgan fingerprint density at radius 2 is 1.48 bits per heavy atom. The zero-order chi connectivity index (χ0) is 18.4. The molecule has 0 bridgehead atoms. The summed E-state index contributed by atoms with van der Waals surface area (Å²) < 4.78 is 15.8. The normalized spacial score (nSPS) is 11.2. The monoisotopic (exact) mass is 382 g/mol. The number of hydrogen-bond donors (Lipinski definition) is 1. The number of nitrogens with zero attached hydrogens (tertiary/aromatic N) is 2. The highest BCUT2D eigenvalue weighted by atomic mass is 35.5. The van der Waals surface area contributed by atoms with Crippen LogP contribution in [-0.2, 0) is 0 Å². The van der Waals surface area contributed by atoms with Gasteiger partial charge in [-0.05, 0) is 24.3 Å². The molecule has 0 aliphatic carbocycles. The quantitative estimate of drug-likeness (QED) is 0.600. The third-order valence-corrected chi connectivity index (χ3v) is 3.72. The number of phenolic OH excluding ortho intramolecular Hbond substituents is 1. The summed E-state index contributed by atoms with van der Waals surface area (Å²) in [5.74, 6) is 1.39. The maximum absolute atomic E-state index is 9.85. The predicted octanol–water partition coefficient (Wildman–Crippen LogP) is 4.18.